The number of nitrogens with zero attached hydrogens (tertiary/aromatic N) is 1. The number of anilines is 1. The summed E-state index contributed by atoms with van der Waals surface area (Å²) in [5.74, 6) is 0.398. The third kappa shape index (κ3) is 3.65. The molecule has 1 saturated heterocycles. The molecule has 2 rings (SSSR count). The summed E-state index contributed by atoms with van der Waals surface area (Å²) in [6.07, 6.45) is 0. The Balaban J connectivity index is 2.17. The van der Waals surface area contributed by atoms with Crippen molar-refractivity contribution in [1.82, 2.24) is 5.32 Å². The van der Waals surface area contributed by atoms with Crippen molar-refractivity contribution in [3.8, 4) is 0 Å². The molecular formula is C14H21ClN2O2S. The minimum Gasteiger partial charge on any atom is -0.366 e. The van der Waals surface area contributed by atoms with Crippen LogP contribution in [0.4, 0.5) is 5.69 Å². The molecule has 112 valence electrons. The van der Waals surface area contributed by atoms with Crippen molar-refractivity contribution in [2.75, 3.05) is 29.5 Å². The summed E-state index contributed by atoms with van der Waals surface area (Å²) in [4.78, 5) is 2.08. The summed E-state index contributed by atoms with van der Waals surface area (Å²) in [6, 6.07) is 5.95. The van der Waals surface area contributed by atoms with Gasteiger partial charge in [-0.1, -0.05) is 24.6 Å². The third-order valence-corrected chi connectivity index (χ3v) is 5.67. The molecule has 1 aliphatic heterocycles. The lowest BCUT2D eigenvalue weighted by Crippen LogP contribution is -2.47. The highest BCUT2D eigenvalue weighted by molar-refractivity contribution is 7.91. The Hall–Kier alpha value is -0.780. The lowest BCUT2D eigenvalue weighted by molar-refractivity contribution is 0.568. The fraction of sp³-hybridized carbons (Fsp3) is 0.571. The van der Waals surface area contributed by atoms with Gasteiger partial charge in [0.25, 0.3) is 0 Å². The van der Waals surface area contributed by atoms with Gasteiger partial charge in [-0.3, -0.25) is 0 Å². The van der Waals surface area contributed by atoms with Gasteiger partial charge < -0.3 is 10.2 Å². The van der Waals surface area contributed by atoms with E-state index in [1.54, 1.807) is 0 Å². The first kappa shape index (κ1) is 15.6. The summed E-state index contributed by atoms with van der Waals surface area (Å²) in [6.45, 7) is 6.21. The predicted molar refractivity (Wildman–Crippen MR) is 84.3 cm³/mol. The first-order valence-corrected chi connectivity index (χ1v) is 9.09. The van der Waals surface area contributed by atoms with E-state index in [1.807, 2.05) is 25.1 Å². The molecule has 0 aromatic heterocycles. The van der Waals surface area contributed by atoms with E-state index in [1.165, 1.54) is 0 Å². The van der Waals surface area contributed by atoms with Crippen LogP contribution in [0.2, 0.25) is 5.02 Å². The highest BCUT2D eigenvalue weighted by Gasteiger charge is 2.29. The fourth-order valence-electron chi connectivity index (χ4n) is 2.52. The second kappa shape index (κ2) is 6.33. The average Bonchev–Trinajstić information content (AvgIpc) is 2.37. The highest BCUT2D eigenvalue weighted by atomic mass is 35.5. The van der Waals surface area contributed by atoms with Crippen molar-refractivity contribution in [2.24, 2.45) is 0 Å². The Morgan fingerprint density at radius 3 is 2.80 bits per heavy atom. The number of nitrogens with one attached hydrogen (secondary N) is 1. The standard InChI is InChI=1S/C14H21ClN2O2S/c1-3-16-9-12-4-5-14(13(15)8-12)17-6-7-20(18,19)10-11(17)2/h4-5,8,11,16H,3,6-7,9-10H2,1-2H3. The summed E-state index contributed by atoms with van der Waals surface area (Å²) in [5.41, 5.74) is 2.06. The molecule has 20 heavy (non-hydrogen) atoms. The zero-order valence-electron chi connectivity index (χ0n) is 11.9. The smallest absolute Gasteiger partial charge is 0.154 e. The number of benzene rings is 1. The quantitative estimate of drug-likeness (QED) is 0.924. The van der Waals surface area contributed by atoms with E-state index < -0.39 is 9.84 Å². The molecule has 0 spiro atoms. The first-order valence-electron chi connectivity index (χ1n) is 6.89. The Labute approximate surface area is 126 Å². The van der Waals surface area contributed by atoms with Crippen LogP contribution in [0.3, 0.4) is 0 Å². The number of halogens is 1. The van der Waals surface area contributed by atoms with Crippen LogP contribution in [-0.4, -0.2) is 39.1 Å². The van der Waals surface area contributed by atoms with E-state index in [4.69, 9.17) is 11.6 Å². The van der Waals surface area contributed by atoms with Gasteiger partial charge in [-0.05, 0) is 31.2 Å². The van der Waals surface area contributed by atoms with Gasteiger partial charge in [-0.2, -0.15) is 0 Å². The molecule has 1 fully saturated rings. The third-order valence-electron chi connectivity index (χ3n) is 3.57. The Bertz CT molecular complexity index is 575. The molecule has 0 aliphatic carbocycles. The van der Waals surface area contributed by atoms with E-state index in [2.05, 4.69) is 17.1 Å². The molecule has 0 saturated carbocycles. The zero-order chi connectivity index (χ0) is 14.8. The van der Waals surface area contributed by atoms with Crippen LogP contribution in [0.15, 0.2) is 18.2 Å². The number of hydrogen-bond acceptors (Lipinski definition) is 4. The average molecular weight is 317 g/mol. The number of hydrogen-bond donors (Lipinski definition) is 1. The normalized spacial score (nSPS) is 21.9. The summed E-state index contributed by atoms with van der Waals surface area (Å²) in [5, 5.41) is 3.95. The summed E-state index contributed by atoms with van der Waals surface area (Å²) >= 11 is 6.36. The van der Waals surface area contributed by atoms with Gasteiger partial charge in [-0.15, -0.1) is 0 Å². The molecule has 0 bridgehead atoms. The van der Waals surface area contributed by atoms with E-state index in [9.17, 15) is 8.42 Å². The van der Waals surface area contributed by atoms with E-state index in [0.717, 1.165) is 24.3 Å². The molecule has 0 amide bonds. The molecule has 1 aliphatic rings. The second-order valence-electron chi connectivity index (χ2n) is 5.22. The SMILES string of the molecule is CCNCc1ccc(N2CCS(=O)(=O)CC2C)c(Cl)c1. The Kier molecular flexibility index (Phi) is 4.94. The summed E-state index contributed by atoms with van der Waals surface area (Å²) in [7, 11) is -2.90. The van der Waals surface area contributed by atoms with Crippen LogP contribution < -0.4 is 10.2 Å². The summed E-state index contributed by atoms with van der Waals surface area (Å²) < 4.78 is 23.3. The van der Waals surface area contributed by atoms with Crippen LogP contribution in [-0.2, 0) is 16.4 Å². The minimum absolute atomic E-state index is 0.0362. The van der Waals surface area contributed by atoms with E-state index in [-0.39, 0.29) is 17.5 Å². The van der Waals surface area contributed by atoms with Crippen LogP contribution in [0.1, 0.15) is 19.4 Å². The molecule has 1 unspecified atom stereocenters. The van der Waals surface area contributed by atoms with Crippen molar-refractivity contribution in [3.05, 3.63) is 28.8 Å². The van der Waals surface area contributed by atoms with Gasteiger partial charge in [0.05, 0.1) is 22.2 Å². The van der Waals surface area contributed by atoms with Crippen LogP contribution >= 0.6 is 11.6 Å². The monoisotopic (exact) mass is 316 g/mol. The molecule has 1 aromatic rings. The van der Waals surface area contributed by atoms with Crippen molar-refractivity contribution >= 4 is 27.1 Å². The molecule has 4 nitrogen and oxygen atoms in total. The second-order valence-corrected chi connectivity index (χ2v) is 7.86. The first-order chi connectivity index (χ1) is 9.43. The molecule has 1 atom stereocenters. The van der Waals surface area contributed by atoms with Crippen LogP contribution in [0, 0.1) is 0 Å². The van der Waals surface area contributed by atoms with Crippen molar-refractivity contribution in [1.29, 1.82) is 0 Å². The Morgan fingerprint density at radius 1 is 1.45 bits per heavy atom. The topological polar surface area (TPSA) is 49.4 Å². The van der Waals surface area contributed by atoms with E-state index >= 15 is 0 Å². The van der Waals surface area contributed by atoms with Crippen LogP contribution in [0.5, 0.6) is 0 Å². The maximum absolute atomic E-state index is 11.6. The largest absolute Gasteiger partial charge is 0.366 e. The maximum Gasteiger partial charge on any atom is 0.154 e. The van der Waals surface area contributed by atoms with Crippen molar-refractivity contribution in [3.63, 3.8) is 0 Å². The van der Waals surface area contributed by atoms with E-state index in [0.29, 0.717) is 11.6 Å². The van der Waals surface area contributed by atoms with Gasteiger partial charge in [-0.25, -0.2) is 8.42 Å². The zero-order valence-corrected chi connectivity index (χ0v) is 13.5. The maximum atomic E-state index is 11.6. The molecule has 6 heteroatoms. The van der Waals surface area contributed by atoms with Gasteiger partial charge in [0.15, 0.2) is 9.84 Å². The fourth-order valence-corrected chi connectivity index (χ4v) is 4.39. The van der Waals surface area contributed by atoms with Crippen molar-refractivity contribution < 1.29 is 8.42 Å². The number of rotatable bonds is 4. The molecule has 1 heterocycles. The highest BCUT2D eigenvalue weighted by Crippen LogP contribution is 2.30. The lowest BCUT2D eigenvalue weighted by atomic mass is 10.1. The van der Waals surface area contributed by atoms with Gasteiger partial charge in [0, 0.05) is 19.1 Å². The molecular weight excluding hydrogens is 296 g/mol. The number of sulfone groups is 1. The van der Waals surface area contributed by atoms with Gasteiger partial charge in [0.2, 0.25) is 0 Å². The Morgan fingerprint density at radius 2 is 2.20 bits per heavy atom. The molecule has 1 aromatic carbocycles. The molecule has 0 radical (unpaired) electrons. The van der Waals surface area contributed by atoms with Gasteiger partial charge in [0.1, 0.15) is 0 Å². The predicted octanol–water partition coefficient (Wildman–Crippen LogP) is 2.07. The lowest BCUT2D eigenvalue weighted by Gasteiger charge is -2.35. The minimum atomic E-state index is -2.90. The van der Waals surface area contributed by atoms with Gasteiger partial charge >= 0.3 is 0 Å². The van der Waals surface area contributed by atoms with Crippen LogP contribution in [0.25, 0.3) is 0 Å². The molecule has 1 N–H and O–H groups in total. The van der Waals surface area contributed by atoms with Crippen molar-refractivity contribution in [2.45, 2.75) is 26.4 Å².